The quantitative estimate of drug-likeness (QED) is 0.711. The third-order valence-electron chi connectivity index (χ3n) is 3.03. The minimum Gasteiger partial charge on any atom is -0.478 e. The maximum atomic E-state index is 11.2. The molecule has 0 saturated carbocycles. The summed E-state index contributed by atoms with van der Waals surface area (Å²) >= 11 is 6.09. The monoisotopic (exact) mass is 270 g/mol. The van der Waals surface area contributed by atoms with E-state index in [0.717, 1.165) is 12.8 Å². The third kappa shape index (κ3) is 2.52. The van der Waals surface area contributed by atoms with Crippen molar-refractivity contribution in [2.75, 3.05) is 23.7 Å². The molecule has 5 nitrogen and oxygen atoms in total. The number of carboxylic acids is 1. The molecular formula is C12H15ClN2O3. The van der Waals surface area contributed by atoms with Crippen molar-refractivity contribution in [3.05, 3.63) is 22.7 Å². The van der Waals surface area contributed by atoms with Crippen LogP contribution in [0.4, 0.5) is 11.4 Å². The van der Waals surface area contributed by atoms with Crippen LogP contribution < -0.4 is 10.6 Å². The number of anilines is 2. The predicted octanol–water partition coefficient (Wildman–Crippen LogP) is 1.58. The Bertz CT molecular complexity index is 479. The fourth-order valence-corrected chi connectivity index (χ4v) is 2.61. The number of hydrogen-bond acceptors (Lipinski definition) is 4. The largest absolute Gasteiger partial charge is 0.478 e. The molecule has 1 unspecified atom stereocenters. The van der Waals surface area contributed by atoms with Gasteiger partial charge in [0.15, 0.2) is 0 Å². The van der Waals surface area contributed by atoms with Crippen LogP contribution in [-0.2, 0) is 0 Å². The molecule has 2 rings (SSSR count). The van der Waals surface area contributed by atoms with Crippen LogP contribution in [0.3, 0.4) is 0 Å². The van der Waals surface area contributed by atoms with E-state index in [0.29, 0.717) is 29.5 Å². The molecule has 0 amide bonds. The summed E-state index contributed by atoms with van der Waals surface area (Å²) in [7, 11) is 0. The summed E-state index contributed by atoms with van der Waals surface area (Å²) < 4.78 is 0. The number of piperidine rings is 1. The number of β-amino-alcohol motifs (C(OH)–C–C–N with tert-alkyl or cyclic N) is 1. The van der Waals surface area contributed by atoms with Gasteiger partial charge in [0.2, 0.25) is 0 Å². The summed E-state index contributed by atoms with van der Waals surface area (Å²) in [6.07, 6.45) is 1.08. The topological polar surface area (TPSA) is 86.8 Å². The zero-order valence-corrected chi connectivity index (χ0v) is 10.5. The van der Waals surface area contributed by atoms with Crippen LogP contribution in [0.5, 0.6) is 0 Å². The molecular weight excluding hydrogens is 256 g/mol. The molecule has 1 aromatic rings. The predicted molar refractivity (Wildman–Crippen MR) is 70.3 cm³/mol. The average Bonchev–Trinajstić information content (AvgIpc) is 2.27. The Morgan fingerprint density at radius 1 is 1.50 bits per heavy atom. The van der Waals surface area contributed by atoms with Gasteiger partial charge in [-0.2, -0.15) is 0 Å². The van der Waals surface area contributed by atoms with E-state index in [1.807, 2.05) is 0 Å². The minimum absolute atomic E-state index is 0.0779. The van der Waals surface area contributed by atoms with Gasteiger partial charge in [0.05, 0.1) is 22.4 Å². The van der Waals surface area contributed by atoms with Gasteiger partial charge in [-0.25, -0.2) is 4.79 Å². The van der Waals surface area contributed by atoms with E-state index in [4.69, 9.17) is 17.3 Å². The Balaban J connectivity index is 2.45. The van der Waals surface area contributed by atoms with Gasteiger partial charge in [-0.3, -0.25) is 0 Å². The number of aromatic carboxylic acids is 1. The van der Waals surface area contributed by atoms with E-state index < -0.39 is 12.1 Å². The fraction of sp³-hybridized carbons (Fsp3) is 0.417. The number of hydrogen-bond donors (Lipinski definition) is 3. The van der Waals surface area contributed by atoms with E-state index in [9.17, 15) is 15.0 Å². The molecule has 0 spiro atoms. The smallest absolute Gasteiger partial charge is 0.337 e. The highest BCUT2D eigenvalue weighted by Crippen LogP contribution is 2.34. The Morgan fingerprint density at radius 3 is 2.83 bits per heavy atom. The first-order valence-electron chi connectivity index (χ1n) is 5.74. The summed E-state index contributed by atoms with van der Waals surface area (Å²) in [5.41, 5.74) is 6.45. The number of benzene rings is 1. The molecule has 18 heavy (non-hydrogen) atoms. The first kappa shape index (κ1) is 13.0. The van der Waals surface area contributed by atoms with Gasteiger partial charge in [0, 0.05) is 18.8 Å². The van der Waals surface area contributed by atoms with Gasteiger partial charge >= 0.3 is 5.97 Å². The van der Waals surface area contributed by atoms with Crippen molar-refractivity contribution in [3.8, 4) is 0 Å². The second-order valence-electron chi connectivity index (χ2n) is 4.45. The highest BCUT2D eigenvalue weighted by Gasteiger charge is 2.24. The number of nitrogens with two attached hydrogens (primary N) is 1. The number of carbonyl (C=O) groups is 1. The first-order chi connectivity index (χ1) is 8.49. The molecule has 0 radical (unpaired) electrons. The minimum atomic E-state index is -1.07. The molecule has 1 saturated heterocycles. The molecule has 0 aliphatic carbocycles. The second kappa shape index (κ2) is 5.04. The summed E-state index contributed by atoms with van der Waals surface area (Å²) in [6, 6.07) is 2.93. The van der Waals surface area contributed by atoms with Crippen molar-refractivity contribution in [1.29, 1.82) is 0 Å². The SMILES string of the molecule is Nc1cc(Cl)c(N2CCCC(O)C2)c(C(=O)O)c1. The number of aliphatic hydroxyl groups excluding tert-OH is 1. The third-order valence-corrected chi connectivity index (χ3v) is 3.32. The van der Waals surface area contributed by atoms with Crippen molar-refractivity contribution in [3.63, 3.8) is 0 Å². The number of aliphatic hydroxyl groups is 1. The van der Waals surface area contributed by atoms with E-state index >= 15 is 0 Å². The van der Waals surface area contributed by atoms with Crippen LogP contribution in [0.2, 0.25) is 5.02 Å². The lowest BCUT2D eigenvalue weighted by Crippen LogP contribution is -2.39. The molecule has 1 fully saturated rings. The Labute approximate surface area is 110 Å². The van der Waals surface area contributed by atoms with E-state index in [1.54, 1.807) is 4.90 Å². The van der Waals surface area contributed by atoms with Crippen molar-refractivity contribution in [1.82, 2.24) is 0 Å². The van der Waals surface area contributed by atoms with E-state index in [2.05, 4.69) is 0 Å². The lowest BCUT2D eigenvalue weighted by atomic mass is 10.0. The number of rotatable bonds is 2. The zero-order chi connectivity index (χ0) is 13.3. The van der Waals surface area contributed by atoms with Gasteiger partial charge in [0.1, 0.15) is 0 Å². The van der Waals surface area contributed by atoms with Gasteiger partial charge in [-0.1, -0.05) is 11.6 Å². The second-order valence-corrected chi connectivity index (χ2v) is 4.85. The van der Waals surface area contributed by atoms with Gasteiger partial charge < -0.3 is 20.8 Å². The molecule has 1 aliphatic heterocycles. The molecule has 6 heteroatoms. The summed E-state index contributed by atoms with van der Waals surface area (Å²) in [5.74, 6) is -1.07. The molecule has 1 aromatic carbocycles. The molecule has 1 heterocycles. The maximum Gasteiger partial charge on any atom is 0.337 e. The van der Waals surface area contributed by atoms with Gasteiger partial charge in [0.25, 0.3) is 0 Å². The number of carboxylic acid groups (broad SMARTS) is 1. The van der Waals surface area contributed by atoms with Crippen molar-refractivity contribution in [2.45, 2.75) is 18.9 Å². The fourth-order valence-electron chi connectivity index (χ4n) is 2.26. The van der Waals surface area contributed by atoms with Crippen LogP contribution in [0.1, 0.15) is 23.2 Å². The molecule has 0 bridgehead atoms. The van der Waals surface area contributed by atoms with Crippen LogP contribution in [0.15, 0.2) is 12.1 Å². The summed E-state index contributed by atoms with van der Waals surface area (Å²) in [6.45, 7) is 1.07. The van der Waals surface area contributed by atoms with Gasteiger partial charge in [-0.05, 0) is 25.0 Å². The van der Waals surface area contributed by atoms with Crippen molar-refractivity contribution < 1.29 is 15.0 Å². The molecule has 1 atom stereocenters. The van der Waals surface area contributed by atoms with Crippen LogP contribution in [0, 0.1) is 0 Å². The van der Waals surface area contributed by atoms with E-state index in [-0.39, 0.29) is 5.56 Å². The normalized spacial score (nSPS) is 19.9. The van der Waals surface area contributed by atoms with Crippen molar-refractivity contribution >= 4 is 28.9 Å². The number of nitrogen functional groups attached to an aromatic ring is 1. The van der Waals surface area contributed by atoms with Gasteiger partial charge in [-0.15, -0.1) is 0 Å². The molecule has 98 valence electrons. The number of nitrogens with zero attached hydrogens (tertiary/aromatic N) is 1. The highest BCUT2D eigenvalue weighted by molar-refractivity contribution is 6.34. The molecule has 0 aromatic heterocycles. The van der Waals surface area contributed by atoms with Crippen molar-refractivity contribution in [2.24, 2.45) is 0 Å². The standard InChI is InChI=1S/C12H15ClN2O3/c13-10-5-7(14)4-9(12(17)18)11(10)15-3-1-2-8(16)6-15/h4-5,8,16H,1-3,6,14H2,(H,17,18). The Morgan fingerprint density at radius 2 is 2.22 bits per heavy atom. The summed E-state index contributed by atoms with van der Waals surface area (Å²) in [5, 5.41) is 19.2. The van der Waals surface area contributed by atoms with E-state index in [1.165, 1.54) is 12.1 Å². The Hall–Kier alpha value is -1.46. The zero-order valence-electron chi connectivity index (χ0n) is 9.77. The lowest BCUT2D eigenvalue weighted by Gasteiger charge is -2.33. The summed E-state index contributed by atoms with van der Waals surface area (Å²) in [4.78, 5) is 13.1. The number of halogens is 1. The highest BCUT2D eigenvalue weighted by atomic mass is 35.5. The van der Waals surface area contributed by atoms with Crippen LogP contribution in [0.25, 0.3) is 0 Å². The average molecular weight is 271 g/mol. The molecule has 1 aliphatic rings. The first-order valence-corrected chi connectivity index (χ1v) is 6.12. The molecule has 4 N–H and O–H groups in total. The van der Waals surface area contributed by atoms with Crippen LogP contribution in [-0.4, -0.2) is 35.4 Å². The van der Waals surface area contributed by atoms with Crippen LogP contribution >= 0.6 is 11.6 Å². The lowest BCUT2D eigenvalue weighted by molar-refractivity contribution is 0.0697. The Kier molecular flexibility index (Phi) is 3.63. The maximum absolute atomic E-state index is 11.2.